The molecule has 0 aliphatic heterocycles. The fraction of sp³-hybridized carbons (Fsp3) is 0.800. The zero-order valence-electron chi connectivity index (χ0n) is 13.4. The van der Waals surface area contributed by atoms with Crippen molar-refractivity contribution in [3.8, 4) is 0 Å². The minimum Gasteiger partial charge on any atom is -0.383 e. The number of nitrogens with one attached hydrogen (secondary N) is 1. The van der Waals surface area contributed by atoms with Gasteiger partial charge in [-0.2, -0.15) is 5.10 Å². The Bertz CT molecular complexity index is 419. The van der Waals surface area contributed by atoms with Crippen LogP contribution >= 0.6 is 11.6 Å². The van der Waals surface area contributed by atoms with Gasteiger partial charge < -0.3 is 10.1 Å². The first-order chi connectivity index (χ1) is 9.43. The van der Waals surface area contributed by atoms with Gasteiger partial charge in [-0.05, 0) is 25.2 Å². The van der Waals surface area contributed by atoms with Crippen LogP contribution in [0.3, 0.4) is 0 Å². The van der Waals surface area contributed by atoms with Gasteiger partial charge in [0.1, 0.15) is 5.15 Å². The molecule has 20 heavy (non-hydrogen) atoms. The molecule has 4 nitrogen and oxygen atoms in total. The molecule has 1 aromatic heterocycles. The minimum absolute atomic E-state index is 0.194. The predicted molar refractivity (Wildman–Crippen MR) is 84.4 cm³/mol. The summed E-state index contributed by atoms with van der Waals surface area (Å²) in [7, 11) is 3.62. The Kier molecular flexibility index (Phi) is 7.00. The molecular weight excluding hydrogens is 274 g/mol. The number of aryl methyl sites for hydroxylation is 2. The molecule has 116 valence electrons. The molecule has 5 heteroatoms. The van der Waals surface area contributed by atoms with Crippen LogP contribution in [-0.4, -0.2) is 36.6 Å². The molecule has 0 aromatic carbocycles. The van der Waals surface area contributed by atoms with E-state index in [9.17, 15) is 0 Å². The standard InChI is InChI=1S/C15H28ClN3O/c1-6-7-15(3,11-17-8-9-20-5)10-13-12(2)18-19(4)14(13)16/h17H,6-11H2,1-5H3. The molecule has 1 rings (SSSR count). The number of hydrogen-bond donors (Lipinski definition) is 1. The Morgan fingerprint density at radius 1 is 1.45 bits per heavy atom. The monoisotopic (exact) mass is 301 g/mol. The summed E-state index contributed by atoms with van der Waals surface area (Å²) in [5, 5.41) is 8.66. The van der Waals surface area contributed by atoms with E-state index in [1.807, 2.05) is 14.0 Å². The molecule has 0 fully saturated rings. The summed E-state index contributed by atoms with van der Waals surface area (Å²) >= 11 is 6.36. The Balaban J connectivity index is 2.74. The number of ether oxygens (including phenoxy) is 1. The molecule has 1 aromatic rings. The van der Waals surface area contributed by atoms with E-state index in [4.69, 9.17) is 16.3 Å². The van der Waals surface area contributed by atoms with Crippen LogP contribution in [0.1, 0.15) is 37.9 Å². The second-order valence-electron chi connectivity index (χ2n) is 5.89. The summed E-state index contributed by atoms with van der Waals surface area (Å²) in [6.07, 6.45) is 3.29. The normalized spacial score (nSPS) is 14.5. The fourth-order valence-electron chi connectivity index (χ4n) is 2.71. The molecule has 0 saturated carbocycles. The topological polar surface area (TPSA) is 39.1 Å². The average molecular weight is 302 g/mol. The smallest absolute Gasteiger partial charge is 0.130 e. The van der Waals surface area contributed by atoms with Crippen molar-refractivity contribution < 1.29 is 4.74 Å². The first-order valence-electron chi connectivity index (χ1n) is 7.31. The van der Waals surface area contributed by atoms with E-state index in [-0.39, 0.29) is 5.41 Å². The third-order valence-electron chi connectivity index (χ3n) is 3.76. The van der Waals surface area contributed by atoms with Crippen LogP contribution in [0.2, 0.25) is 5.15 Å². The number of rotatable bonds is 9. The number of aromatic nitrogens is 2. The van der Waals surface area contributed by atoms with E-state index >= 15 is 0 Å². The van der Waals surface area contributed by atoms with E-state index in [1.54, 1.807) is 11.8 Å². The summed E-state index contributed by atoms with van der Waals surface area (Å²) in [4.78, 5) is 0. The van der Waals surface area contributed by atoms with Crippen molar-refractivity contribution in [1.82, 2.24) is 15.1 Å². The van der Waals surface area contributed by atoms with Gasteiger partial charge in [-0.15, -0.1) is 0 Å². The molecule has 0 saturated heterocycles. The first-order valence-corrected chi connectivity index (χ1v) is 7.69. The second kappa shape index (κ2) is 8.01. The summed E-state index contributed by atoms with van der Waals surface area (Å²) in [5.41, 5.74) is 2.41. The molecule has 0 bridgehead atoms. The maximum absolute atomic E-state index is 6.36. The number of halogens is 1. The fourth-order valence-corrected chi connectivity index (χ4v) is 2.95. The Morgan fingerprint density at radius 3 is 2.65 bits per heavy atom. The molecule has 0 radical (unpaired) electrons. The molecule has 0 aliphatic carbocycles. The molecule has 1 unspecified atom stereocenters. The Hall–Kier alpha value is -0.580. The molecule has 1 atom stereocenters. The van der Waals surface area contributed by atoms with E-state index in [1.165, 1.54) is 12.0 Å². The molecule has 0 amide bonds. The number of nitrogens with zero attached hydrogens (tertiary/aromatic N) is 2. The van der Waals surface area contributed by atoms with Crippen molar-refractivity contribution in [3.63, 3.8) is 0 Å². The molecule has 0 spiro atoms. The van der Waals surface area contributed by atoms with Crippen molar-refractivity contribution >= 4 is 11.6 Å². The maximum atomic E-state index is 6.36. The molecule has 1 heterocycles. The van der Waals surface area contributed by atoms with E-state index in [0.29, 0.717) is 0 Å². The quantitative estimate of drug-likeness (QED) is 0.713. The molecular formula is C15H28ClN3O. The lowest BCUT2D eigenvalue weighted by atomic mass is 9.79. The van der Waals surface area contributed by atoms with Crippen LogP contribution in [0.5, 0.6) is 0 Å². The van der Waals surface area contributed by atoms with Crippen molar-refractivity contribution in [2.75, 3.05) is 26.8 Å². The zero-order valence-corrected chi connectivity index (χ0v) is 14.2. The van der Waals surface area contributed by atoms with Crippen molar-refractivity contribution in [1.29, 1.82) is 0 Å². The highest BCUT2D eigenvalue weighted by Crippen LogP contribution is 2.32. The van der Waals surface area contributed by atoms with Gasteiger partial charge in [0, 0.05) is 32.8 Å². The minimum atomic E-state index is 0.194. The number of hydrogen-bond acceptors (Lipinski definition) is 3. The third-order valence-corrected chi connectivity index (χ3v) is 4.23. The molecule has 0 aliphatic rings. The van der Waals surface area contributed by atoms with Crippen LogP contribution in [-0.2, 0) is 18.2 Å². The highest BCUT2D eigenvalue weighted by molar-refractivity contribution is 6.30. The third kappa shape index (κ3) is 4.76. The largest absolute Gasteiger partial charge is 0.383 e. The van der Waals surface area contributed by atoms with Gasteiger partial charge in [-0.3, -0.25) is 4.68 Å². The van der Waals surface area contributed by atoms with E-state index < -0.39 is 0 Å². The van der Waals surface area contributed by atoms with Crippen LogP contribution in [0, 0.1) is 12.3 Å². The van der Waals surface area contributed by atoms with Gasteiger partial charge in [0.2, 0.25) is 0 Å². The van der Waals surface area contributed by atoms with Gasteiger partial charge >= 0.3 is 0 Å². The highest BCUT2D eigenvalue weighted by atomic mass is 35.5. The van der Waals surface area contributed by atoms with Gasteiger partial charge in [-0.1, -0.05) is 31.9 Å². The van der Waals surface area contributed by atoms with Crippen molar-refractivity contribution in [2.45, 2.75) is 40.0 Å². The van der Waals surface area contributed by atoms with Gasteiger partial charge in [0.25, 0.3) is 0 Å². The van der Waals surface area contributed by atoms with Gasteiger partial charge in [0.05, 0.1) is 12.3 Å². The van der Waals surface area contributed by atoms with Gasteiger partial charge in [0.15, 0.2) is 0 Å². The predicted octanol–water partition coefficient (Wildman–Crippen LogP) is 2.97. The first kappa shape index (κ1) is 17.5. The average Bonchev–Trinajstić information content (AvgIpc) is 2.62. The van der Waals surface area contributed by atoms with Crippen molar-refractivity contribution in [3.05, 3.63) is 16.4 Å². The summed E-state index contributed by atoms with van der Waals surface area (Å²) in [6.45, 7) is 9.18. The Labute approximate surface area is 127 Å². The summed E-state index contributed by atoms with van der Waals surface area (Å²) in [5.74, 6) is 0. The van der Waals surface area contributed by atoms with Crippen LogP contribution in [0.25, 0.3) is 0 Å². The van der Waals surface area contributed by atoms with Crippen LogP contribution < -0.4 is 5.32 Å². The van der Waals surface area contributed by atoms with Crippen LogP contribution in [0.4, 0.5) is 0 Å². The number of methoxy groups -OCH3 is 1. The lowest BCUT2D eigenvalue weighted by Crippen LogP contribution is -2.35. The summed E-state index contributed by atoms with van der Waals surface area (Å²) < 4.78 is 6.84. The zero-order chi connectivity index (χ0) is 15.2. The molecule has 1 N–H and O–H groups in total. The lowest BCUT2D eigenvalue weighted by molar-refractivity contribution is 0.190. The summed E-state index contributed by atoms with van der Waals surface area (Å²) in [6, 6.07) is 0. The SMILES string of the molecule is CCCC(C)(CNCCOC)Cc1c(C)nn(C)c1Cl. The van der Waals surface area contributed by atoms with Crippen molar-refractivity contribution in [2.24, 2.45) is 12.5 Å². The second-order valence-corrected chi connectivity index (χ2v) is 6.24. The van der Waals surface area contributed by atoms with Crippen LogP contribution in [0.15, 0.2) is 0 Å². The maximum Gasteiger partial charge on any atom is 0.130 e. The highest BCUT2D eigenvalue weighted by Gasteiger charge is 2.27. The van der Waals surface area contributed by atoms with Gasteiger partial charge in [-0.25, -0.2) is 0 Å². The Morgan fingerprint density at radius 2 is 2.15 bits per heavy atom. The lowest BCUT2D eigenvalue weighted by Gasteiger charge is -2.30. The van der Waals surface area contributed by atoms with E-state index in [0.717, 1.165) is 43.4 Å². The van der Waals surface area contributed by atoms with E-state index in [2.05, 4.69) is 24.3 Å².